The van der Waals surface area contributed by atoms with Crippen molar-refractivity contribution in [3.8, 4) is 0 Å². The molecule has 0 saturated carbocycles. The van der Waals surface area contributed by atoms with Crippen molar-refractivity contribution in [1.82, 2.24) is 14.5 Å². The number of aromatic nitrogens is 3. The van der Waals surface area contributed by atoms with Crippen LogP contribution in [-0.4, -0.2) is 20.4 Å². The summed E-state index contributed by atoms with van der Waals surface area (Å²) < 4.78 is 2.16. The summed E-state index contributed by atoms with van der Waals surface area (Å²) in [6, 6.07) is 5.89. The molecular formula is C15H15Cl2N3S. The molecule has 1 atom stereocenters. The van der Waals surface area contributed by atoms with Gasteiger partial charge in [-0.1, -0.05) is 17.7 Å². The van der Waals surface area contributed by atoms with Crippen molar-refractivity contribution in [1.29, 1.82) is 0 Å². The van der Waals surface area contributed by atoms with E-state index < -0.39 is 0 Å². The average Bonchev–Trinajstić information content (AvgIpc) is 3.03. The van der Waals surface area contributed by atoms with Gasteiger partial charge < -0.3 is 4.57 Å². The van der Waals surface area contributed by atoms with Gasteiger partial charge in [-0.2, -0.15) is 0 Å². The zero-order chi connectivity index (χ0) is 15.0. The van der Waals surface area contributed by atoms with Crippen LogP contribution in [0.25, 0.3) is 11.0 Å². The molecule has 2 heterocycles. The van der Waals surface area contributed by atoms with E-state index in [9.17, 15) is 0 Å². The summed E-state index contributed by atoms with van der Waals surface area (Å²) >= 11 is 14.0. The lowest BCUT2D eigenvalue weighted by Crippen LogP contribution is -2.11. The molecule has 1 unspecified atom stereocenters. The second-order valence-electron chi connectivity index (χ2n) is 4.93. The number of hydrogen-bond acceptors (Lipinski definition) is 3. The van der Waals surface area contributed by atoms with Gasteiger partial charge in [-0.05, 0) is 26.0 Å². The molecule has 21 heavy (non-hydrogen) atoms. The molecule has 110 valence electrons. The van der Waals surface area contributed by atoms with E-state index in [1.54, 1.807) is 11.3 Å². The summed E-state index contributed by atoms with van der Waals surface area (Å²) in [5.41, 5.74) is 1.86. The van der Waals surface area contributed by atoms with Gasteiger partial charge in [-0.25, -0.2) is 9.97 Å². The van der Waals surface area contributed by atoms with E-state index in [-0.39, 0.29) is 6.04 Å². The van der Waals surface area contributed by atoms with Gasteiger partial charge in [0.25, 0.3) is 0 Å². The number of rotatable bonds is 4. The fourth-order valence-corrected chi connectivity index (χ4v) is 3.75. The van der Waals surface area contributed by atoms with Crippen molar-refractivity contribution in [3.05, 3.63) is 45.1 Å². The van der Waals surface area contributed by atoms with Crippen LogP contribution in [0.5, 0.6) is 0 Å². The van der Waals surface area contributed by atoms with Crippen LogP contribution in [0.1, 0.15) is 28.7 Å². The first-order valence-electron chi connectivity index (χ1n) is 6.75. The number of aryl methyl sites for hydroxylation is 2. The summed E-state index contributed by atoms with van der Waals surface area (Å²) in [7, 11) is 0. The van der Waals surface area contributed by atoms with Gasteiger partial charge >= 0.3 is 0 Å². The Bertz CT molecular complexity index is 778. The minimum atomic E-state index is 0.0896. The summed E-state index contributed by atoms with van der Waals surface area (Å²) in [6.45, 7) is 4.19. The summed E-state index contributed by atoms with van der Waals surface area (Å²) in [5.74, 6) is 1.48. The maximum Gasteiger partial charge on any atom is 0.115 e. The molecule has 0 amide bonds. The van der Waals surface area contributed by atoms with Gasteiger partial charge in [0.15, 0.2) is 0 Å². The Morgan fingerprint density at radius 1 is 1.38 bits per heavy atom. The third-order valence-corrected chi connectivity index (χ3v) is 5.01. The molecule has 6 heteroatoms. The van der Waals surface area contributed by atoms with E-state index in [4.69, 9.17) is 23.2 Å². The van der Waals surface area contributed by atoms with Gasteiger partial charge in [0.2, 0.25) is 0 Å². The molecule has 3 rings (SSSR count). The van der Waals surface area contributed by atoms with E-state index in [0.29, 0.717) is 17.3 Å². The maximum absolute atomic E-state index is 6.40. The number of benzene rings is 1. The smallest absolute Gasteiger partial charge is 0.115 e. The Balaban J connectivity index is 2.21. The van der Waals surface area contributed by atoms with E-state index in [1.807, 2.05) is 24.4 Å². The van der Waals surface area contributed by atoms with Crippen LogP contribution in [0.4, 0.5) is 0 Å². The highest BCUT2D eigenvalue weighted by Crippen LogP contribution is 2.32. The highest BCUT2D eigenvalue weighted by molar-refractivity contribution is 7.11. The summed E-state index contributed by atoms with van der Waals surface area (Å²) in [5, 5.41) is 1.77. The minimum absolute atomic E-state index is 0.0896. The third kappa shape index (κ3) is 2.68. The maximum atomic E-state index is 6.40. The molecule has 2 aromatic heterocycles. The van der Waals surface area contributed by atoms with Crippen molar-refractivity contribution in [2.45, 2.75) is 26.3 Å². The Labute approximate surface area is 137 Å². The van der Waals surface area contributed by atoms with Gasteiger partial charge in [0.05, 0.1) is 22.1 Å². The molecule has 0 radical (unpaired) electrons. The topological polar surface area (TPSA) is 30.7 Å². The third-order valence-electron chi connectivity index (χ3n) is 3.44. The first-order chi connectivity index (χ1) is 10.1. The van der Waals surface area contributed by atoms with Gasteiger partial charge in [0, 0.05) is 23.4 Å². The first-order valence-corrected chi connectivity index (χ1v) is 8.48. The molecule has 3 nitrogen and oxygen atoms in total. The molecule has 0 bridgehead atoms. The summed E-state index contributed by atoms with van der Waals surface area (Å²) in [4.78, 5) is 10.4. The minimum Gasteiger partial charge on any atom is -0.317 e. The quantitative estimate of drug-likeness (QED) is 0.636. The highest BCUT2D eigenvalue weighted by Gasteiger charge is 2.20. The molecular weight excluding hydrogens is 325 g/mol. The molecule has 0 saturated heterocycles. The van der Waals surface area contributed by atoms with Crippen molar-refractivity contribution >= 4 is 45.6 Å². The van der Waals surface area contributed by atoms with Gasteiger partial charge in [-0.3, -0.25) is 0 Å². The SMILES string of the molecule is Cc1cnc(C(C)n2c(CCCl)nc3cccc(Cl)c32)s1. The van der Waals surface area contributed by atoms with E-state index in [2.05, 4.69) is 28.4 Å². The van der Waals surface area contributed by atoms with E-state index in [0.717, 1.165) is 21.9 Å². The zero-order valence-electron chi connectivity index (χ0n) is 11.8. The lowest BCUT2D eigenvalue weighted by Gasteiger charge is -2.15. The van der Waals surface area contributed by atoms with Crippen LogP contribution in [0.15, 0.2) is 24.4 Å². The molecule has 1 aromatic carbocycles. The predicted molar refractivity (Wildman–Crippen MR) is 89.8 cm³/mol. The van der Waals surface area contributed by atoms with Crippen LogP contribution in [0.2, 0.25) is 5.02 Å². The average molecular weight is 340 g/mol. The number of alkyl halides is 1. The van der Waals surface area contributed by atoms with Crippen molar-refractivity contribution in [2.24, 2.45) is 0 Å². The molecule has 0 N–H and O–H groups in total. The molecule has 0 aliphatic rings. The second kappa shape index (κ2) is 5.95. The van der Waals surface area contributed by atoms with Crippen LogP contribution in [-0.2, 0) is 6.42 Å². The number of thiazole rings is 1. The number of imidazole rings is 1. The number of nitrogens with zero attached hydrogens (tertiary/aromatic N) is 3. The van der Waals surface area contributed by atoms with Crippen LogP contribution in [0, 0.1) is 6.92 Å². The van der Waals surface area contributed by atoms with Gasteiger partial charge in [0.1, 0.15) is 10.8 Å². The first kappa shape index (κ1) is 14.8. The fraction of sp³-hybridized carbons (Fsp3) is 0.333. The largest absolute Gasteiger partial charge is 0.317 e. The highest BCUT2D eigenvalue weighted by atomic mass is 35.5. The van der Waals surface area contributed by atoms with Crippen molar-refractivity contribution in [2.75, 3.05) is 5.88 Å². The van der Waals surface area contributed by atoms with Crippen molar-refractivity contribution < 1.29 is 0 Å². The van der Waals surface area contributed by atoms with Crippen molar-refractivity contribution in [3.63, 3.8) is 0 Å². The van der Waals surface area contributed by atoms with Crippen LogP contribution >= 0.6 is 34.5 Å². The molecule has 0 spiro atoms. The Morgan fingerprint density at radius 2 is 2.19 bits per heavy atom. The predicted octanol–water partition coefficient (Wildman–Crippen LogP) is 4.85. The summed E-state index contributed by atoms with van der Waals surface area (Å²) in [6.07, 6.45) is 2.61. The van der Waals surface area contributed by atoms with Gasteiger partial charge in [-0.15, -0.1) is 22.9 Å². The lowest BCUT2D eigenvalue weighted by molar-refractivity contribution is 0.620. The number of halogens is 2. The normalized spacial score (nSPS) is 13.0. The van der Waals surface area contributed by atoms with E-state index >= 15 is 0 Å². The van der Waals surface area contributed by atoms with Crippen LogP contribution in [0.3, 0.4) is 0 Å². The van der Waals surface area contributed by atoms with E-state index in [1.165, 1.54) is 4.88 Å². The molecule has 0 fully saturated rings. The zero-order valence-corrected chi connectivity index (χ0v) is 14.1. The number of fused-ring (bicyclic) bond motifs is 1. The monoisotopic (exact) mass is 339 g/mol. The fourth-order valence-electron chi connectivity index (χ4n) is 2.51. The number of para-hydroxylation sites is 1. The van der Waals surface area contributed by atoms with Crippen LogP contribution < -0.4 is 0 Å². The molecule has 0 aliphatic heterocycles. The standard InChI is InChI=1S/C15H15Cl2N3S/c1-9-8-18-15(21-9)10(2)20-13(6-7-16)19-12-5-3-4-11(17)14(12)20/h3-5,8,10H,6-7H2,1-2H3. The Hall–Kier alpha value is -1.10. The Kier molecular flexibility index (Phi) is 4.20. The molecule has 0 aliphatic carbocycles. The molecule has 3 aromatic rings. The number of hydrogen-bond donors (Lipinski definition) is 0. The lowest BCUT2D eigenvalue weighted by atomic mass is 10.2. The second-order valence-corrected chi connectivity index (χ2v) is 6.98. The Morgan fingerprint density at radius 3 is 2.86 bits per heavy atom.